The molecule has 0 aliphatic heterocycles. The van der Waals surface area contributed by atoms with Crippen LogP contribution in [-0.4, -0.2) is 4.57 Å². The average Bonchev–Trinajstić information content (AvgIpc) is 3.65. The number of anilines is 4. The van der Waals surface area contributed by atoms with Crippen molar-refractivity contribution in [3.8, 4) is 50.2 Å². The van der Waals surface area contributed by atoms with E-state index < -0.39 is 0 Å². The van der Waals surface area contributed by atoms with E-state index in [0.717, 1.165) is 50.7 Å². The summed E-state index contributed by atoms with van der Waals surface area (Å²) in [6.45, 7) is 0. The number of rotatable bonds is 9. The molecule has 1 aromatic heterocycles. The normalized spacial score (nSPS) is 11.3. The molecule has 288 valence electrons. The van der Waals surface area contributed by atoms with Crippen molar-refractivity contribution in [1.82, 2.24) is 4.57 Å². The summed E-state index contributed by atoms with van der Waals surface area (Å²) in [4.78, 5) is 0. The fraction of sp³-hybridized carbons (Fsp3) is 0. The highest BCUT2D eigenvalue weighted by molar-refractivity contribution is 6.12. The highest BCUT2D eigenvalue weighted by Crippen LogP contribution is 2.40. The van der Waals surface area contributed by atoms with Gasteiger partial charge in [-0.25, -0.2) is 0 Å². The van der Waals surface area contributed by atoms with E-state index in [0.29, 0.717) is 0 Å². The molecule has 0 aliphatic rings. The Kier molecular flexibility index (Phi) is 9.18. The predicted octanol–water partition coefficient (Wildman–Crippen LogP) is 16.1. The number of hydrogen-bond donors (Lipinski definition) is 2. The Hall–Kier alpha value is -8.14. The Labute approximate surface area is 355 Å². The number of aromatic nitrogens is 1. The molecule has 0 fully saturated rings. The van der Waals surface area contributed by atoms with Crippen LogP contribution in [0.5, 0.6) is 0 Å². The van der Waals surface area contributed by atoms with E-state index in [4.69, 9.17) is 0 Å². The van der Waals surface area contributed by atoms with Gasteiger partial charge in [0.05, 0.1) is 11.0 Å². The van der Waals surface area contributed by atoms with Crippen LogP contribution in [0.4, 0.5) is 22.7 Å². The molecule has 0 saturated carbocycles. The Morgan fingerprint density at radius 1 is 0.279 bits per heavy atom. The lowest BCUT2D eigenvalue weighted by molar-refractivity contribution is 1.19. The van der Waals surface area contributed by atoms with Gasteiger partial charge in [-0.1, -0.05) is 164 Å². The highest BCUT2D eigenvalue weighted by Gasteiger charge is 2.17. The molecule has 3 heteroatoms. The number of hydrogen-bond acceptors (Lipinski definition) is 2. The molecule has 10 aromatic carbocycles. The number of nitrogens with zero attached hydrogens (tertiary/aromatic N) is 1. The maximum atomic E-state index is 3.74. The third-order valence-corrected chi connectivity index (χ3v) is 11.7. The van der Waals surface area contributed by atoms with E-state index in [1.54, 1.807) is 0 Å². The minimum atomic E-state index is 1.05. The molecule has 0 spiro atoms. The molecular weight excluding hydrogens is 739 g/mol. The van der Waals surface area contributed by atoms with Crippen LogP contribution in [0.25, 0.3) is 82.8 Å². The summed E-state index contributed by atoms with van der Waals surface area (Å²) in [7, 11) is 0. The summed E-state index contributed by atoms with van der Waals surface area (Å²) < 4.78 is 2.43. The third kappa shape index (κ3) is 6.98. The largest absolute Gasteiger partial charge is 0.355 e. The number of para-hydroxylation sites is 3. The van der Waals surface area contributed by atoms with Crippen LogP contribution in [0.15, 0.2) is 237 Å². The minimum absolute atomic E-state index is 1.05. The van der Waals surface area contributed by atoms with Gasteiger partial charge in [-0.15, -0.1) is 0 Å². The van der Waals surface area contributed by atoms with Gasteiger partial charge >= 0.3 is 0 Å². The fourth-order valence-corrected chi connectivity index (χ4v) is 8.76. The van der Waals surface area contributed by atoms with Crippen LogP contribution in [-0.2, 0) is 0 Å². The Bertz CT molecular complexity index is 3360. The van der Waals surface area contributed by atoms with Crippen molar-refractivity contribution in [1.29, 1.82) is 0 Å². The van der Waals surface area contributed by atoms with E-state index in [2.05, 4.69) is 246 Å². The smallest absolute Gasteiger partial charge is 0.0547 e. The lowest BCUT2D eigenvalue weighted by Gasteiger charge is -2.14. The molecule has 61 heavy (non-hydrogen) atoms. The van der Waals surface area contributed by atoms with E-state index in [-0.39, 0.29) is 0 Å². The molecule has 0 atom stereocenters. The van der Waals surface area contributed by atoms with Gasteiger partial charge in [0.1, 0.15) is 0 Å². The second kappa shape index (κ2) is 15.6. The van der Waals surface area contributed by atoms with Gasteiger partial charge < -0.3 is 15.2 Å². The second-order valence-corrected chi connectivity index (χ2v) is 15.6. The lowest BCUT2D eigenvalue weighted by atomic mass is 9.96. The summed E-state index contributed by atoms with van der Waals surface area (Å²) >= 11 is 0. The zero-order valence-corrected chi connectivity index (χ0v) is 33.5. The maximum Gasteiger partial charge on any atom is 0.0547 e. The number of fused-ring (bicyclic) bond motifs is 4. The quantitative estimate of drug-likeness (QED) is 0.153. The van der Waals surface area contributed by atoms with Crippen molar-refractivity contribution in [3.63, 3.8) is 0 Å². The molecule has 0 aliphatic carbocycles. The van der Waals surface area contributed by atoms with Crippen molar-refractivity contribution >= 4 is 55.3 Å². The fourth-order valence-electron chi connectivity index (χ4n) is 8.76. The van der Waals surface area contributed by atoms with Gasteiger partial charge in [0.15, 0.2) is 0 Å². The van der Waals surface area contributed by atoms with Crippen LogP contribution in [0.3, 0.4) is 0 Å². The Balaban J connectivity index is 1.01. The molecule has 2 N–H and O–H groups in total. The van der Waals surface area contributed by atoms with Gasteiger partial charge in [-0.3, -0.25) is 0 Å². The molecule has 0 saturated heterocycles. The van der Waals surface area contributed by atoms with Gasteiger partial charge in [0, 0.05) is 50.3 Å². The monoisotopic (exact) mass is 779 g/mol. The van der Waals surface area contributed by atoms with Crippen molar-refractivity contribution in [3.05, 3.63) is 237 Å². The summed E-state index contributed by atoms with van der Waals surface area (Å²) in [6.07, 6.45) is 0. The molecule has 0 bridgehead atoms. The predicted molar refractivity (Wildman–Crippen MR) is 259 cm³/mol. The lowest BCUT2D eigenvalue weighted by Crippen LogP contribution is -1.95. The SMILES string of the molecule is c1ccc(Nc2ccccc2-c2ccc3c4cc(-c5cccc(-c6ccccc6Nc6cccc(-c7ccccc7)c6)c5)ccc4n(-c4ccc5ccccc5c4)c3c2)cc1. The molecule has 11 rings (SSSR count). The van der Waals surface area contributed by atoms with Crippen molar-refractivity contribution in [2.24, 2.45) is 0 Å². The minimum Gasteiger partial charge on any atom is -0.355 e. The standard InChI is InChI=1S/C58H41N3/c1-3-15-40(16-4-1)43-20-14-24-49(36-43)60-56-28-12-9-25-51(56)46-21-13-19-42(35-46)45-31-34-57-54(38-45)53-33-30-47(52-26-10-11-27-55(52)59-48-22-5-2-6-23-48)39-58(53)61(57)50-32-29-41-17-7-8-18-44(41)37-50/h1-39,59-60H. The zero-order valence-electron chi connectivity index (χ0n) is 33.5. The van der Waals surface area contributed by atoms with Crippen molar-refractivity contribution in [2.75, 3.05) is 10.6 Å². The topological polar surface area (TPSA) is 29.0 Å². The summed E-state index contributed by atoms with van der Waals surface area (Å²) in [5.74, 6) is 0. The van der Waals surface area contributed by atoms with Crippen LogP contribution in [0.1, 0.15) is 0 Å². The van der Waals surface area contributed by atoms with Crippen molar-refractivity contribution < 1.29 is 0 Å². The molecule has 1 heterocycles. The first-order valence-corrected chi connectivity index (χ1v) is 20.8. The van der Waals surface area contributed by atoms with Crippen LogP contribution in [0, 0.1) is 0 Å². The molecule has 0 amide bonds. The first-order valence-electron chi connectivity index (χ1n) is 20.8. The first kappa shape index (κ1) is 36.0. The third-order valence-electron chi connectivity index (χ3n) is 11.7. The van der Waals surface area contributed by atoms with Crippen LogP contribution in [0.2, 0.25) is 0 Å². The maximum absolute atomic E-state index is 3.74. The summed E-state index contributed by atoms with van der Waals surface area (Å²) in [6, 6.07) is 84.9. The van der Waals surface area contributed by atoms with E-state index >= 15 is 0 Å². The van der Waals surface area contributed by atoms with Crippen LogP contribution < -0.4 is 10.6 Å². The van der Waals surface area contributed by atoms with Crippen molar-refractivity contribution in [2.45, 2.75) is 0 Å². The summed E-state index contributed by atoms with van der Waals surface area (Å²) in [5, 5.41) is 12.3. The summed E-state index contributed by atoms with van der Waals surface area (Å²) in [5.41, 5.74) is 17.1. The molecule has 0 unspecified atom stereocenters. The van der Waals surface area contributed by atoms with E-state index in [1.807, 2.05) is 6.07 Å². The van der Waals surface area contributed by atoms with E-state index in [9.17, 15) is 0 Å². The average molecular weight is 780 g/mol. The van der Waals surface area contributed by atoms with Gasteiger partial charge in [-0.05, 0) is 117 Å². The highest BCUT2D eigenvalue weighted by atomic mass is 15.0. The number of nitrogens with one attached hydrogen (secondary N) is 2. The van der Waals surface area contributed by atoms with Gasteiger partial charge in [-0.2, -0.15) is 0 Å². The van der Waals surface area contributed by atoms with Crippen LogP contribution >= 0.6 is 0 Å². The zero-order chi connectivity index (χ0) is 40.5. The Morgan fingerprint density at radius 3 is 1.62 bits per heavy atom. The van der Waals surface area contributed by atoms with E-state index in [1.165, 1.54) is 54.8 Å². The first-order chi connectivity index (χ1) is 30.2. The van der Waals surface area contributed by atoms with Gasteiger partial charge in [0.25, 0.3) is 0 Å². The molecular formula is C58H41N3. The number of benzene rings is 10. The molecule has 3 nitrogen and oxygen atoms in total. The molecule has 11 aromatic rings. The second-order valence-electron chi connectivity index (χ2n) is 15.6. The Morgan fingerprint density at radius 2 is 0.836 bits per heavy atom. The molecule has 0 radical (unpaired) electrons. The van der Waals surface area contributed by atoms with Gasteiger partial charge in [0.2, 0.25) is 0 Å².